The Balaban J connectivity index is 2.25. The maximum atomic E-state index is 11.7. The highest BCUT2D eigenvalue weighted by atomic mass is 32.2. The average Bonchev–Trinajstić information content (AvgIpc) is 3.12. The van der Waals surface area contributed by atoms with Crippen LogP contribution in [0.3, 0.4) is 0 Å². The standard InChI is InChI=1S/C10H11N3O2S/c1-15-10-8(4-5-12-9(10)6-11)13-16(14)7-2-3-7/h4-5,7H,2-3H2,1H3,(H,12,13). The van der Waals surface area contributed by atoms with Gasteiger partial charge in [0, 0.05) is 6.20 Å². The van der Waals surface area contributed by atoms with Crippen LogP contribution in [-0.4, -0.2) is 21.6 Å². The first-order valence-corrected chi connectivity index (χ1v) is 6.08. The zero-order valence-corrected chi connectivity index (χ0v) is 9.58. The second-order valence-electron chi connectivity index (χ2n) is 3.45. The van der Waals surface area contributed by atoms with E-state index in [9.17, 15) is 4.21 Å². The Bertz CT molecular complexity index is 466. The molecule has 1 aromatic heterocycles. The van der Waals surface area contributed by atoms with Crippen molar-refractivity contribution in [1.29, 1.82) is 5.26 Å². The van der Waals surface area contributed by atoms with Crippen LogP contribution in [0.15, 0.2) is 12.3 Å². The summed E-state index contributed by atoms with van der Waals surface area (Å²) >= 11 is 0. The van der Waals surface area contributed by atoms with Gasteiger partial charge in [0.15, 0.2) is 11.4 Å². The monoisotopic (exact) mass is 237 g/mol. The molecule has 0 bridgehead atoms. The summed E-state index contributed by atoms with van der Waals surface area (Å²) in [5.41, 5.74) is 0.750. The molecule has 1 unspecified atom stereocenters. The molecular weight excluding hydrogens is 226 g/mol. The summed E-state index contributed by atoms with van der Waals surface area (Å²) in [4.78, 5) is 3.87. The van der Waals surface area contributed by atoms with E-state index in [0.717, 1.165) is 12.8 Å². The van der Waals surface area contributed by atoms with E-state index in [2.05, 4.69) is 9.71 Å². The number of hydrogen-bond donors (Lipinski definition) is 1. The van der Waals surface area contributed by atoms with E-state index >= 15 is 0 Å². The van der Waals surface area contributed by atoms with Crippen LogP contribution in [0.4, 0.5) is 5.69 Å². The molecule has 84 valence electrons. The zero-order valence-electron chi connectivity index (χ0n) is 8.77. The van der Waals surface area contributed by atoms with Gasteiger partial charge in [0.2, 0.25) is 0 Å². The zero-order chi connectivity index (χ0) is 11.5. The molecule has 2 rings (SSSR count). The lowest BCUT2D eigenvalue weighted by molar-refractivity contribution is 0.413. The molecule has 0 radical (unpaired) electrons. The molecule has 6 heteroatoms. The molecule has 16 heavy (non-hydrogen) atoms. The van der Waals surface area contributed by atoms with Crippen molar-refractivity contribution < 1.29 is 8.95 Å². The fraction of sp³-hybridized carbons (Fsp3) is 0.400. The molecule has 1 N–H and O–H groups in total. The molecule has 0 spiro atoms. The summed E-state index contributed by atoms with van der Waals surface area (Å²) in [6, 6.07) is 3.58. The minimum Gasteiger partial charge on any atom is -0.492 e. The number of anilines is 1. The van der Waals surface area contributed by atoms with Crippen molar-refractivity contribution in [2.24, 2.45) is 0 Å². The van der Waals surface area contributed by atoms with E-state index in [1.54, 1.807) is 6.07 Å². The van der Waals surface area contributed by atoms with Crippen LogP contribution in [0.5, 0.6) is 5.75 Å². The molecule has 1 atom stereocenters. The summed E-state index contributed by atoms with van der Waals surface area (Å²) in [7, 11) is 0.360. The molecule has 1 aliphatic carbocycles. The fourth-order valence-electron chi connectivity index (χ4n) is 1.29. The third-order valence-electron chi connectivity index (χ3n) is 2.25. The molecule has 1 aliphatic rings. The quantitative estimate of drug-likeness (QED) is 0.853. The van der Waals surface area contributed by atoms with Gasteiger partial charge in [-0.05, 0) is 18.9 Å². The van der Waals surface area contributed by atoms with Crippen LogP contribution in [0.2, 0.25) is 0 Å². The Morgan fingerprint density at radius 3 is 3.00 bits per heavy atom. The predicted molar refractivity (Wildman–Crippen MR) is 60.3 cm³/mol. The van der Waals surface area contributed by atoms with Crippen LogP contribution in [0, 0.1) is 11.3 Å². The van der Waals surface area contributed by atoms with Gasteiger partial charge in [0.1, 0.15) is 17.1 Å². The topological polar surface area (TPSA) is 75.0 Å². The molecule has 1 heterocycles. The third kappa shape index (κ3) is 2.14. The molecule has 0 aliphatic heterocycles. The van der Waals surface area contributed by atoms with Crippen LogP contribution >= 0.6 is 0 Å². The van der Waals surface area contributed by atoms with Gasteiger partial charge in [-0.15, -0.1) is 0 Å². The van der Waals surface area contributed by atoms with E-state index < -0.39 is 11.0 Å². The number of rotatable bonds is 4. The Kier molecular flexibility index (Phi) is 3.06. The maximum absolute atomic E-state index is 11.7. The summed E-state index contributed by atoms with van der Waals surface area (Å²) in [6.07, 6.45) is 3.46. The van der Waals surface area contributed by atoms with Crippen molar-refractivity contribution >= 4 is 16.7 Å². The molecule has 0 saturated heterocycles. The maximum Gasteiger partial charge on any atom is 0.184 e. The minimum atomic E-state index is -1.10. The first kappa shape index (κ1) is 10.9. The number of pyridine rings is 1. The van der Waals surface area contributed by atoms with Gasteiger partial charge >= 0.3 is 0 Å². The van der Waals surface area contributed by atoms with Gasteiger partial charge in [0.05, 0.1) is 18.0 Å². The molecule has 5 nitrogen and oxygen atoms in total. The predicted octanol–water partition coefficient (Wildman–Crippen LogP) is 1.20. The number of methoxy groups -OCH3 is 1. The molecule has 0 amide bonds. The van der Waals surface area contributed by atoms with Crippen molar-refractivity contribution in [3.8, 4) is 11.8 Å². The molecule has 1 fully saturated rings. The smallest absolute Gasteiger partial charge is 0.184 e. The van der Waals surface area contributed by atoms with E-state index in [4.69, 9.17) is 10.00 Å². The Hall–Kier alpha value is -1.61. The number of nitrogens with one attached hydrogen (secondary N) is 1. The Morgan fingerprint density at radius 1 is 1.69 bits per heavy atom. The first-order valence-electron chi connectivity index (χ1n) is 4.86. The Labute approximate surface area is 96.0 Å². The van der Waals surface area contributed by atoms with Crippen LogP contribution in [-0.2, 0) is 11.0 Å². The lowest BCUT2D eigenvalue weighted by Crippen LogP contribution is -2.10. The van der Waals surface area contributed by atoms with Gasteiger partial charge in [-0.3, -0.25) is 0 Å². The summed E-state index contributed by atoms with van der Waals surface area (Å²) in [6.45, 7) is 0. The number of nitriles is 1. The SMILES string of the molecule is COc1c(NS(=O)C2CC2)ccnc1C#N. The lowest BCUT2D eigenvalue weighted by Gasteiger charge is -2.10. The van der Waals surface area contributed by atoms with Gasteiger partial charge in [-0.2, -0.15) is 5.26 Å². The highest BCUT2D eigenvalue weighted by molar-refractivity contribution is 7.87. The summed E-state index contributed by atoms with van der Waals surface area (Å²) < 4.78 is 19.6. The normalized spacial score (nSPS) is 16.2. The van der Waals surface area contributed by atoms with Crippen molar-refractivity contribution in [1.82, 2.24) is 4.98 Å². The number of ether oxygens (including phenoxy) is 1. The average molecular weight is 237 g/mol. The van der Waals surface area contributed by atoms with Gasteiger partial charge in [-0.25, -0.2) is 9.19 Å². The largest absolute Gasteiger partial charge is 0.492 e. The van der Waals surface area contributed by atoms with E-state index in [-0.39, 0.29) is 10.9 Å². The third-order valence-corrected chi connectivity index (χ3v) is 3.75. The minimum absolute atomic E-state index is 0.195. The highest BCUT2D eigenvalue weighted by Crippen LogP contribution is 2.31. The second-order valence-corrected chi connectivity index (χ2v) is 4.92. The van der Waals surface area contributed by atoms with Crippen molar-refractivity contribution in [3.05, 3.63) is 18.0 Å². The van der Waals surface area contributed by atoms with Gasteiger partial charge in [-0.1, -0.05) is 0 Å². The van der Waals surface area contributed by atoms with Crippen LogP contribution < -0.4 is 9.46 Å². The number of hydrogen-bond acceptors (Lipinski definition) is 4. The van der Waals surface area contributed by atoms with Gasteiger partial charge in [0.25, 0.3) is 0 Å². The summed E-state index contributed by atoms with van der Waals surface area (Å²) in [5.74, 6) is 0.346. The van der Waals surface area contributed by atoms with Crippen LogP contribution in [0.25, 0.3) is 0 Å². The fourth-order valence-corrected chi connectivity index (χ4v) is 2.40. The van der Waals surface area contributed by atoms with Crippen molar-refractivity contribution in [3.63, 3.8) is 0 Å². The molecule has 1 aromatic rings. The van der Waals surface area contributed by atoms with Crippen LogP contribution in [0.1, 0.15) is 18.5 Å². The molecule has 1 saturated carbocycles. The molecular formula is C10H11N3O2S. The first-order chi connectivity index (χ1) is 7.76. The molecule has 0 aromatic carbocycles. The summed E-state index contributed by atoms with van der Waals surface area (Å²) in [5, 5.41) is 9.06. The highest BCUT2D eigenvalue weighted by Gasteiger charge is 2.29. The van der Waals surface area contributed by atoms with Crippen molar-refractivity contribution in [2.75, 3.05) is 11.8 Å². The lowest BCUT2D eigenvalue weighted by atomic mass is 10.3. The van der Waals surface area contributed by atoms with Gasteiger partial charge < -0.3 is 9.46 Å². The van der Waals surface area contributed by atoms with E-state index in [1.807, 2.05) is 6.07 Å². The number of aromatic nitrogens is 1. The Morgan fingerprint density at radius 2 is 2.44 bits per heavy atom. The van der Waals surface area contributed by atoms with Crippen molar-refractivity contribution in [2.45, 2.75) is 18.1 Å². The second kappa shape index (κ2) is 4.49. The van der Waals surface area contributed by atoms with E-state index in [0.29, 0.717) is 11.4 Å². The van der Waals surface area contributed by atoms with E-state index in [1.165, 1.54) is 13.3 Å². The number of nitrogens with zero attached hydrogens (tertiary/aromatic N) is 2.